The molecule has 0 aliphatic carbocycles. The second kappa shape index (κ2) is 4.07. The van der Waals surface area contributed by atoms with Gasteiger partial charge in [0, 0.05) is 24.3 Å². The summed E-state index contributed by atoms with van der Waals surface area (Å²) in [5.74, 6) is 0.507. The molecule has 2 N–H and O–H groups in total. The average molecular weight is 236 g/mol. The fraction of sp³-hybridized carbons (Fsp3) is 0.417. The van der Waals surface area contributed by atoms with E-state index in [4.69, 9.17) is 11.6 Å². The van der Waals surface area contributed by atoms with E-state index in [2.05, 4.69) is 15.3 Å². The molecule has 1 atom stereocenters. The number of pyridine rings is 1. The quantitative estimate of drug-likeness (QED) is 0.798. The van der Waals surface area contributed by atoms with Crippen molar-refractivity contribution >= 4 is 22.6 Å². The lowest BCUT2D eigenvalue weighted by atomic mass is 9.92. The first kappa shape index (κ1) is 10.1. The third-order valence-electron chi connectivity index (χ3n) is 3.28. The molecule has 2 aromatic rings. The first-order valence-corrected chi connectivity index (χ1v) is 6.06. The van der Waals surface area contributed by atoms with Gasteiger partial charge in [0.15, 0.2) is 0 Å². The molecule has 1 saturated heterocycles. The number of hydrogen-bond acceptors (Lipinski definition) is 2. The summed E-state index contributed by atoms with van der Waals surface area (Å²) in [6.07, 6.45) is 6.21. The molecule has 3 nitrogen and oxygen atoms in total. The molecule has 0 saturated carbocycles. The van der Waals surface area contributed by atoms with Crippen molar-refractivity contribution in [1.82, 2.24) is 15.3 Å². The number of hydrogen-bond donors (Lipinski definition) is 2. The van der Waals surface area contributed by atoms with Crippen molar-refractivity contribution in [3.63, 3.8) is 0 Å². The van der Waals surface area contributed by atoms with E-state index in [9.17, 15) is 0 Å². The van der Waals surface area contributed by atoms with Gasteiger partial charge in [0.05, 0.1) is 5.02 Å². The summed E-state index contributed by atoms with van der Waals surface area (Å²) in [5.41, 5.74) is 2.05. The molecule has 0 bridgehead atoms. The molecule has 16 heavy (non-hydrogen) atoms. The van der Waals surface area contributed by atoms with Crippen LogP contribution in [0.2, 0.25) is 5.02 Å². The SMILES string of the molecule is Clc1c(C2CCCNC2)cnc2[nH]ccc12. The molecule has 4 heteroatoms. The van der Waals surface area contributed by atoms with E-state index in [1.807, 2.05) is 18.5 Å². The molecule has 1 aliphatic rings. The van der Waals surface area contributed by atoms with Crippen LogP contribution in [0.4, 0.5) is 0 Å². The highest BCUT2D eigenvalue weighted by molar-refractivity contribution is 6.36. The van der Waals surface area contributed by atoms with Crippen LogP contribution >= 0.6 is 11.6 Å². The fourth-order valence-corrected chi connectivity index (χ4v) is 2.75. The Hall–Kier alpha value is -1.06. The molecule has 1 aliphatic heterocycles. The predicted molar refractivity (Wildman–Crippen MR) is 65.9 cm³/mol. The highest BCUT2D eigenvalue weighted by Crippen LogP contribution is 2.33. The summed E-state index contributed by atoms with van der Waals surface area (Å²) < 4.78 is 0. The van der Waals surface area contributed by atoms with E-state index in [-0.39, 0.29) is 0 Å². The Morgan fingerprint density at radius 3 is 3.19 bits per heavy atom. The summed E-state index contributed by atoms with van der Waals surface area (Å²) >= 11 is 6.43. The molecule has 1 unspecified atom stereocenters. The van der Waals surface area contributed by atoms with Crippen LogP contribution in [0.1, 0.15) is 24.3 Å². The third-order valence-corrected chi connectivity index (χ3v) is 3.71. The number of nitrogens with one attached hydrogen (secondary N) is 2. The van der Waals surface area contributed by atoms with Gasteiger partial charge in [0.2, 0.25) is 0 Å². The van der Waals surface area contributed by atoms with E-state index in [0.717, 1.165) is 29.1 Å². The fourth-order valence-electron chi connectivity index (χ4n) is 2.39. The van der Waals surface area contributed by atoms with Gasteiger partial charge in [-0.25, -0.2) is 4.98 Å². The molecular formula is C12H14ClN3. The zero-order chi connectivity index (χ0) is 11.0. The van der Waals surface area contributed by atoms with Gasteiger partial charge in [-0.2, -0.15) is 0 Å². The lowest BCUT2D eigenvalue weighted by Crippen LogP contribution is -2.28. The first-order chi connectivity index (χ1) is 7.86. The summed E-state index contributed by atoms with van der Waals surface area (Å²) in [6, 6.07) is 1.99. The van der Waals surface area contributed by atoms with Crippen molar-refractivity contribution in [3.05, 3.63) is 29.0 Å². The largest absolute Gasteiger partial charge is 0.346 e. The van der Waals surface area contributed by atoms with Crippen LogP contribution in [0.15, 0.2) is 18.5 Å². The Morgan fingerprint density at radius 1 is 1.44 bits per heavy atom. The summed E-state index contributed by atoms with van der Waals surface area (Å²) in [6.45, 7) is 2.13. The van der Waals surface area contributed by atoms with Gasteiger partial charge >= 0.3 is 0 Å². The Labute approximate surface area is 99.2 Å². The van der Waals surface area contributed by atoms with Crippen molar-refractivity contribution < 1.29 is 0 Å². The van der Waals surface area contributed by atoms with Crippen LogP contribution in [0.5, 0.6) is 0 Å². The minimum absolute atomic E-state index is 0.507. The molecule has 0 spiro atoms. The van der Waals surface area contributed by atoms with E-state index < -0.39 is 0 Å². The molecule has 0 radical (unpaired) electrons. The number of aromatic nitrogens is 2. The van der Waals surface area contributed by atoms with Crippen LogP contribution in [0.25, 0.3) is 11.0 Å². The zero-order valence-corrected chi connectivity index (χ0v) is 9.72. The number of aromatic amines is 1. The number of rotatable bonds is 1. The van der Waals surface area contributed by atoms with Crippen LogP contribution < -0.4 is 5.32 Å². The van der Waals surface area contributed by atoms with Crippen molar-refractivity contribution in [2.45, 2.75) is 18.8 Å². The van der Waals surface area contributed by atoms with Crippen molar-refractivity contribution in [2.24, 2.45) is 0 Å². The van der Waals surface area contributed by atoms with E-state index in [0.29, 0.717) is 5.92 Å². The smallest absolute Gasteiger partial charge is 0.138 e. The molecule has 3 heterocycles. The van der Waals surface area contributed by atoms with Gasteiger partial charge in [-0.3, -0.25) is 0 Å². The van der Waals surface area contributed by atoms with Gasteiger partial charge in [-0.05, 0) is 36.9 Å². The minimum atomic E-state index is 0.507. The van der Waals surface area contributed by atoms with Gasteiger partial charge in [0.1, 0.15) is 5.65 Å². The molecular weight excluding hydrogens is 222 g/mol. The van der Waals surface area contributed by atoms with E-state index in [1.165, 1.54) is 18.4 Å². The molecule has 0 aromatic carbocycles. The van der Waals surface area contributed by atoms with Crippen molar-refractivity contribution in [3.8, 4) is 0 Å². The van der Waals surface area contributed by atoms with Crippen molar-refractivity contribution in [1.29, 1.82) is 0 Å². The Balaban J connectivity index is 2.05. The standard InChI is InChI=1S/C12H14ClN3/c13-11-9-3-5-15-12(9)16-7-10(11)8-2-1-4-14-6-8/h3,5,7-8,14H,1-2,4,6H2,(H,15,16). The maximum atomic E-state index is 6.43. The van der Waals surface area contributed by atoms with Gasteiger partial charge in [-0.15, -0.1) is 0 Å². The monoisotopic (exact) mass is 235 g/mol. The zero-order valence-electron chi connectivity index (χ0n) is 8.96. The average Bonchev–Trinajstić information content (AvgIpc) is 2.80. The maximum Gasteiger partial charge on any atom is 0.138 e. The van der Waals surface area contributed by atoms with Crippen LogP contribution in [0, 0.1) is 0 Å². The maximum absolute atomic E-state index is 6.43. The summed E-state index contributed by atoms with van der Waals surface area (Å²) in [5, 5.41) is 5.30. The summed E-state index contributed by atoms with van der Waals surface area (Å²) in [4.78, 5) is 7.49. The molecule has 84 valence electrons. The van der Waals surface area contributed by atoms with E-state index >= 15 is 0 Å². The number of H-pyrrole nitrogens is 1. The molecule has 1 fully saturated rings. The molecule has 3 rings (SSSR count). The Bertz CT molecular complexity index is 500. The molecule has 2 aromatic heterocycles. The number of nitrogens with zero attached hydrogens (tertiary/aromatic N) is 1. The number of piperidine rings is 1. The summed E-state index contributed by atoms with van der Waals surface area (Å²) in [7, 11) is 0. The van der Waals surface area contributed by atoms with Crippen molar-refractivity contribution in [2.75, 3.05) is 13.1 Å². The minimum Gasteiger partial charge on any atom is -0.346 e. The van der Waals surface area contributed by atoms with Crippen LogP contribution in [-0.2, 0) is 0 Å². The second-order valence-corrected chi connectivity index (χ2v) is 4.69. The Kier molecular flexibility index (Phi) is 2.58. The van der Waals surface area contributed by atoms with Gasteiger partial charge in [-0.1, -0.05) is 11.6 Å². The highest BCUT2D eigenvalue weighted by Gasteiger charge is 2.19. The number of halogens is 1. The van der Waals surface area contributed by atoms with Crippen LogP contribution in [0.3, 0.4) is 0 Å². The Morgan fingerprint density at radius 2 is 2.38 bits per heavy atom. The lowest BCUT2D eigenvalue weighted by molar-refractivity contribution is 0.461. The van der Waals surface area contributed by atoms with Gasteiger partial charge < -0.3 is 10.3 Å². The highest BCUT2D eigenvalue weighted by atomic mass is 35.5. The first-order valence-electron chi connectivity index (χ1n) is 5.68. The third kappa shape index (κ3) is 1.60. The van der Waals surface area contributed by atoms with E-state index in [1.54, 1.807) is 0 Å². The van der Waals surface area contributed by atoms with Gasteiger partial charge in [0.25, 0.3) is 0 Å². The van der Waals surface area contributed by atoms with Crippen LogP contribution in [-0.4, -0.2) is 23.1 Å². The second-order valence-electron chi connectivity index (χ2n) is 4.31. The molecule has 0 amide bonds. The predicted octanol–water partition coefficient (Wildman–Crippen LogP) is 2.68. The lowest BCUT2D eigenvalue weighted by Gasteiger charge is -2.23. The normalized spacial score (nSPS) is 21.4. The number of fused-ring (bicyclic) bond motifs is 1. The topological polar surface area (TPSA) is 40.7 Å².